The van der Waals surface area contributed by atoms with Gasteiger partial charge < -0.3 is 9.64 Å². The van der Waals surface area contributed by atoms with Crippen LogP contribution in [0.5, 0.6) is 5.75 Å². The van der Waals surface area contributed by atoms with Gasteiger partial charge in [-0.3, -0.25) is 9.69 Å². The number of ether oxygens (including phenoxy) is 1. The Kier molecular flexibility index (Phi) is 4.83. The van der Waals surface area contributed by atoms with Crippen LogP contribution in [-0.4, -0.2) is 49.0 Å². The molecule has 0 spiro atoms. The number of amides is 1. The van der Waals surface area contributed by atoms with Gasteiger partial charge in [-0.2, -0.15) is 0 Å². The zero-order valence-corrected chi connectivity index (χ0v) is 14.7. The Morgan fingerprint density at radius 1 is 1.26 bits per heavy atom. The lowest BCUT2D eigenvalue weighted by atomic mass is 10.1. The van der Waals surface area contributed by atoms with E-state index in [9.17, 15) is 4.79 Å². The van der Waals surface area contributed by atoms with Crippen molar-refractivity contribution in [1.82, 2.24) is 9.80 Å². The van der Waals surface area contributed by atoms with Gasteiger partial charge in [0.1, 0.15) is 5.75 Å². The van der Waals surface area contributed by atoms with Gasteiger partial charge in [0.15, 0.2) is 0 Å². The predicted octanol–water partition coefficient (Wildman–Crippen LogP) is 3.18. The Hall–Kier alpha value is -1.26. The number of carbonyl (C=O) groups excluding carboxylic acids is 1. The molecule has 5 heteroatoms. The first-order chi connectivity index (χ1) is 11.0. The fraction of sp³-hybridized carbons (Fsp3) is 0.611. The quantitative estimate of drug-likeness (QED) is 0.846. The van der Waals surface area contributed by atoms with E-state index in [0.717, 1.165) is 52.0 Å². The van der Waals surface area contributed by atoms with Crippen LogP contribution in [0.3, 0.4) is 0 Å². The molecular formula is C18H25ClN2O2. The number of hydrogen-bond donors (Lipinski definition) is 0. The molecule has 2 aliphatic rings. The molecule has 1 saturated heterocycles. The number of carbonyl (C=O) groups is 1. The molecule has 1 saturated carbocycles. The lowest BCUT2D eigenvalue weighted by Gasteiger charge is -2.24. The number of halogens is 1. The molecule has 0 atom stereocenters. The Balaban J connectivity index is 1.58. The van der Waals surface area contributed by atoms with Crippen LogP contribution in [0.15, 0.2) is 18.2 Å². The maximum Gasteiger partial charge on any atom is 0.228 e. The molecule has 1 heterocycles. The minimum absolute atomic E-state index is 0.0569. The lowest BCUT2D eigenvalue weighted by Crippen LogP contribution is -2.38. The molecule has 1 aromatic carbocycles. The van der Waals surface area contributed by atoms with Crippen LogP contribution in [0.1, 0.15) is 31.7 Å². The van der Waals surface area contributed by atoms with E-state index < -0.39 is 0 Å². The van der Waals surface area contributed by atoms with Crippen molar-refractivity contribution in [2.45, 2.75) is 32.7 Å². The zero-order chi connectivity index (χ0) is 16.4. The van der Waals surface area contributed by atoms with E-state index in [-0.39, 0.29) is 5.41 Å². The van der Waals surface area contributed by atoms with Crippen LogP contribution < -0.4 is 4.74 Å². The molecular weight excluding hydrogens is 312 g/mol. The van der Waals surface area contributed by atoms with E-state index in [1.165, 1.54) is 5.56 Å². The SMILES string of the molecule is COc1ccc(CN2CCCN(C(=O)C3(C)CC3)CC2)cc1Cl. The second-order valence-corrected chi connectivity index (χ2v) is 7.36. The normalized spacial score (nSPS) is 20.9. The van der Waals surface area contributed by atoms with E-state index in [1.807, 2.05) is 12.1 Å². The maximum absolute atomic E-state index is 12.5. The van der Waals surface area contributed by atoms with Crippen LogP contribution in [0, 0.1) is 5.41 Å². The van der Waals surface area contributed by atoms with E-state index in [0.29, 0.717) is 16.7 Å². The van der Waals surface area contributed by atoms with Crippen LogP contribution in [0.2, 0.25) is 5.02 Å². The summed E-state index contributed by atoms with van der Waals surface area (Å²) in [5.41, 5.74) is 1.13. The number of nitrogens with zero attached hydrogens (tertiary/aromatic N) is 2. The van der Waals surface area contributed by atoms with E-state index in [2.05, 4.69) is 22.8 Å². The van der Waals surface area contributed by atoms with Crippen LogP contribution >= 0.6 is 11.6 Å². The molecule has 3 rings (SSSR count). The van der Waals surface area contributed by atoms with Gasteiger partial charge in [0.2, 0.25) is 5.91 Å². The van der Waals surface area contributed by atoms with Gasteiger partial charge in [0.25, 0.3) is 0 Å². The Morgan fingerprint density at radius 2 is 2.04 bits per heavy atom. The number of benzene rings is 1. The summed E-state index contributed by atoms with van der Waals surface area (Å²) >= 11 is 6.20. The van der Waals surface area contributed by atoms with Crippen molar-refractivity contribution in [3.05, 3.63) is 28.8 Å². The highest BCUT2D eigenvalue weighted by atomic mass is 35.5. The second kappa shape index (κ2) is 6.70. The molecule has 0 radical (unpaired) electrons. The van der Waals surface area contributed by atoms with Gasteiger partial charge in [0.05, 0.1) is 12.1 Å². The highest BCUT2D eigenvalue weighted by Gasteiger charge is 2.47. The maximum atomic E-state index is 12.5. The van der Waals surface area contributed by atoms with Crippen molar-refractivity contribution in [1.29, 1.82) is 0 Å². The summed E-state index contributed by atoms with van der Waals surface area (Å²) in [6.45, 7) is 6.61. The molecule has 1 aliphatic carbocycles. The number of methoxy groups -OCH3 is 1. The third-order valence-electron chi connectivity index (χ3n) is 5.01. The van der Waals surface area contributed by atoms with E-state index in [4.69, 9.17) is 16.3 Å². The summed E-state index contributed by atoms with van der Waals surface area (Å²) in [5, 5.41) is 0.651. The highest BCUT2D eigenvalue weighted by molar-refractivity contribution is 6.32. The average molecular weight is 337 g/mol. The predicted molar refractivity (Wildman–Crippen MR) is 91.8 cm³/mol. The monoisotopic (exact) mass is 336 g/mol. The molecule has 1 amide bonds. The zero-order valence-electron chi connectivity index (χ0n) is 14.0. The topological polar surface area (TPSA) is 32.8 Å². The molecule has 23 heavy (non-hydrogen) atoms. The number of rotatable bonds is 4. The lowest BCUT2D eigenvalue weighted by molar-refractivity contribution is -0.136. The van der Waals surface area contributed by atoms with Gasteiger partial charge in [-0.15, -0.1) is 0 Å². The van der Waals surface area contributed by atoms with Gasteiger partial charge in [0, 0.05) is 38.1 Å². The first-order valence-electron chi connectivity index (χ1n) is 8.36. The van der Waals surface area contributed by atoms with Crippen LogP contribution in [0.25, 0.3) is 0 Å². The first kappa shape index (κ1) is 16.6. The van der Waals surface area contributed by atoms with Gasteiger partial charge in [-0.25, -0.2) is 0 Å². The first-order valence-corrected chi connectivity index (χ1v) is 8.74. The van der Waals surface area contributed by atoms with Crippen LogP contribution in [0.4, 0.5) is 0 Å². The van der Waals surface area contributed by atoms with Crippen molar-refractivity contribution in [3.8, 4) is 5.75 Å². The minimum Gasteiger partial charge on any atom is -0.495 e. The second-order valence-electron chi connectivity index (χ2n) is 6.95. The van der Waals surface area contributed by atoms with E-state index >= 15 is 0 Å². The van der Waals surface area contributed by atoms with Crippen molar-refractivity contribution < 1.29 is 9.53 Å². The molecule has 1 aliphatic heterocycles. The van der Waals surface area contributed by atoms with Gasteiger partial charge in [-0.05, 0) is 37.0 Å². The minimum atomic E-state index is -0.0569. The summed E-state index contributed by atoms with van der Waals surface area (Å²) in [6, 6.07) is 5.95. The molecule has 0 unspecified atom stereocenters. The Morgan fingerprint density at radius 3 is 2.70 bits per heavy atom. The summed E-state index contributed by atoms with van der Waals surface area (Å²) in [6.07, 6.45) is 3.14. The molecule has 0 bridgehead atoms. The average Bonchev–Trinajstić information content (AvgIpc) is 3.31. The number of hydrogen-bond acceptors (Lipinski definition) is 3. The summed E-state index contributed by atoms with van der Waals surface area (Å²) < 4.78 is 5.20. The standard InChI is InChI=1S/C18H25ClN2O2/c1-18(6-7-18)17(22)21-9-3-8-20(10-11-21)13-14-4-5-16(23-2)15(19)12-14/h4-5,12H,3,6-11,13H2,1-2H3. The van der Waals surface area contributed by atoms with Crippen molar-refractivity contribution in [2.24, 2.45) is 5.41 Å². The summed E-state index contributed by atoms with van der Waals surface area (Å²) in [5.74, 6) is 1.06. The summed E-state index contributed by atoms with van der Waals surface area (Å²) in [4.78, 5) is 17.0. The third-order valence-corrected chi connectivity index (χ3v) is 5.31. The third kappa shape index (κ3) is 3.81. The van der Waals surface area contributed by atoms with Gasteiger partial charge >= 0.3 is 0 Å². The molecule has 2 fully saturated rings. The van der Waals surface area contributed by atoms with Gasteiger partial charge in [-0.1, -0.05) is 24.6 Å². The fourth-order valence-electron chi connectivity index (χ4n) is 3.18. The smallest absolute Gasteiger partial charge is 0.228 e. The molecule has 1 aromatic rings. The molecule has 126 valence electrons. The fourth-order valence-corrected chi connectivity index (χ4v) is 3.46. The Labute approximate surface area is 143 Å². The van der Waals surface area contributed by atoms with E-state index in [1.54, 1.807) is 7.11 Å². The molecule has 4 nitrogen and oxygen atoms in total. The Bertz CT molecular complexity index is 586. The van der Waals surface area contributed by atoms with Crippen LogP contribution in [-0.2, 0) is 11.3 Å². The van der Waals surface area contributed by atoms with Crippen molar-refractivity contribution in [3.63, 3.8) is 0 Å². The molecule has 0 aromatic heterocycles. The molecule has 0 N–H and O–H groups in total. The van der Waals surface area contributed by atoms with Crippen molar-refractivity contribution in [2.75, 3.05) is 33.3 Å². The summed E-state index contributed by atoms with van der Waals surface area (Å²) in [7, 11) is 1.63. The van der Waals surface area contributed by atoms with Crippen molar-refractivity contribution >= 4 is 17.5 Å². The highest BCUT2D eigenvalue weighted by Crippen LogP contribution is 2.46. The largest absolute Gasteiger partial charge is 0.495 e.